The summed E-state index contributed by atoms with van der Waals surface area (Å²) >= 11 is 0. The second kappa shape index (κ2) is 5.55. The van der Waals surface area contributed by atoms with E-state index < -0.39 is 11.8 Å². The van der Waals surface area contributed by atoms with Crippen molar-refractivity contribution in [3.8, 4) is 0 Å². The second-order valence-corrected chi connectivity index (χ2v) is 5.60. The molecule has 2 bridgehead atoms. The molecule has 2 saturated carbocycles. The van der Waals surface area contributed by atoms with E-state index in [1.807, 2.05) is 6.92 Å². The summed E-state index contributed by atoms with van der Waals surface area (Å²) < 4.78 is 0. The molecule has 0 aromatic heterocycles. The number of hydrogen-bond donors (Lipinski definition) is 2. The van der Waals surface area contributed by atoms with Crippen LogP contribution in [0.25, 0.3) is 0 Å². The fraction of sp³-hybridized carbons (Fsp3) is 0.714. The molecule has 0 saturated heterocycles. The summed E-state index contributed by atoms with van der Waals surface area (Å²) in [5, 5.41) is 5.32. The SMILES string of the molecule is C=CCNC(=O)C(=O)NC(C)C1CC2CCC1C2. The minimum Gasteiger partial charge on any atom is -0.345 e. The number of fused-ring (bicyclic) bond motifs is 2. The van der Waals surface area contributed by atoms with Gasteiger partial charge in [-0.05, 0) is 43.9 Å². The monoisotopic (exact) mass is 250 g/mol. The summed E-state index contributed by atoms with van der Waals surface area (Å²) in [7, 11) is 0. The molecule has 4 atom stereocenters. The molecule has 4 heteroatoms. The highest BCUT2D eigenvalue weighted by molar-refractivity contribution is 6.35. The Bertz CT molecular complexity index is 354. The Morgan fingerprint density at radius 1 is 1.33 bits per heavy atom. The van der Waals surface area contributed by atoms with Crippen LogP contribution >= 0.6 is 0 Å². The van der Waals surface area contributed by atoms with Crippen LogP contribution in [0.15, 0.2) is 12.7 Å². The van der Waals surface area contributed by atoms with Gasteiger partial charge in [-0.15, -0.1) is 6.58 Å². The molecular weight excluding hydrogens is 228 g/mol. The third kappa shape index (κ3) is 2.74. The van der Waals surface area contributed by atoms with Gasteiger partial charge in [0.25, 0.3) is 0 Å². The van der Waals surface area contributed by atoms with E-state index in [4.69, 9.17) is 0 Å². The van der Waals surface area contributed by atoms with Gasteiger partial charge in [0.2, 0.25) is 0 Å². The summed E-state index contributed by atoms with van der Waals surface area (Å²) in [5.74, 6) is 1.08. The van der Waals surface area contributed by atoms with Gasteiger partial charge in [0.05, 0.1) is 0 Å². The van der Waals surface area contributed by atoms with Crippen LogP contribution < -0.4 is 10.6 Å². The van der Waals surface area contributed by atoms with Crippen LogP contribution in [0.4, 0.5) is 0 Å². The highest BCUT2D eigenvalue weighted by Crippen LogP contribution is 2.49. The van der Waals surface area contributed by atoms with Gasteiger partial charge >= 0.3 is 11.8 Å². The third-order valence-electron chi connectivity index (χ3n) is 4.41. The Balaban J connectivity index is 1.80. The molecular formula is C14H22N2O2. The van der Waals surface area contributed by atoms with Crippen molar-refractivity contribution in [2.75, 3.05) is 6.54 Å². The van der Waals surface area contributed by atoms with E-state index in [1.165, 1.54) is 25.7 Å². The van der Waals surface area contributed by atoms with Crippen molar-refractivity contribution < 1.29 is 9.59 Å². The first-order valence-electron chi connectivity index (χ1n) is 6.81. The topological polar surface area (TPSA) is 58.2 Å². The Hall–Kier alpha value is -1.32. The van der Waals surface area contributed by atoms with Crippen LogP contribution in [0.5, 0.6) is 0 Å². The van der Waals surface area contributed by atoms with Crippen molar-refractivity contribution in [1.82, 2.24) is 10.6 Å². The zero-order valence-corrected chi connectivity index (χ0v) is 10.9. The normalized spacial score (nSPS) is 30.8. The predicted molar refractivity (Wildman–Crippen MR) is 69.7 cm³/mol. The third-order valence-corrected chi connectivity index (χ3v) is 4.41. The summed E-state index contributed by atoms with van der Waals surface area (Å²) in [6, 6.07) is 0.0993. The van der Waals surface area contributed by atoms with E-state index in [2.05, 4.69) is 17.2 Å². The maximum absolute atomic E-state index is 11.7. The van der Waals surface area contributed by atoms with E-state index in [0.29, 0.717) is 12.5 Å². The molecule has 2 rings (SSSR count). The largest absolute Gasteiger partial charge is 0.345 e. The zero-order chi connectivity index (χ0) is 13.1. The maximum atomic E-state index is 11.7. The van der Waals surface area contributed by atoms with Crippen LogP contribution in [-0.4, -0.2) is 24.4 Å². The first kappa shape index (κ1) is 13.1. The van der Waals surface area contributed by atoms with E-state index in [1.54, 1.807) is 6.08 Å². The summed E-state index contributed by atoms with van der Waals surface area (Å²) in [4.78, 5) is 23.1. The molecule has 0 heterocycles. The minimum absolute atomic E-state index is 0.0993. The van der Waals surface area contributed by atoms with Crippen LogP contribution in [-0.2, 0) is 9.59 Å². The molecule has 2 aliphatic rings. The van der Waals surface area contributed by atoms with Crippen molar-refractivity contribution in [2.45, 2.75) is 38.6 Å². The lowest BCUT2D eigenvalue weighted by Gasteiger charge is -2.28. The van der Waals surface area contributed by atoms with E-state index in [9.17, 15) is 9.59 Å². The molecule has 0 aromatic rings. The number of rotatable bonds is 4. The fourth-order valence-electron chi connectivity index (χ4n) is 3.53. The molecule has 18 heavy (non-hydrogen) atoms. The Kier molecular flexibility index (Phi) is 4.04. The predicted octanol–water partition coefficient (Wildman–Crippen LogP) is 1.23. The fourth-order valence-corrected chi connectivity index (χ4v) is 3.53. The molecule has 2 fully saturated rings. The van der Waals surface area contributed by atoms with Crippen LogP contribution in [0.1, 0.15) is 32.6 Å². The number of carbonyl (C=O) groups is 2. The van der Waals surface area contributed by atoms with Gasteiger partial charge in [-0.25, -0.2) is 0 Å². The Morgan fingerprint density at radius 2 is 2.11 bits per heavy atom. The van der Waals surface area contributed by atoms with Crippen LogP contribution in [0.3, 0.4) is 0 Å². The molecule has 4 nitrogen and oxygen atoms in total. The molecule has 0 aliphatic heterocycles. The lowest BCUT2D eigenvalue weighted by Crippen LogP contribution is -2.47. The Labute approximate surface area is 108 Å². The van der Waals surface area contributed by atoms with Gasteiger partial charge in [0.1, 0.15) is 0 Å². The first-order valence-corrected chi connectivity index (χ1v) is 6.81. The van der Waals surface area contributed by atoms with Gasteiger partial charge in [-0.2, -0.15) is 0 Å². The van der Waals surface area contributed by atoms with Gasteiger partial charge in [-0.1, -0.05) is 12.5 Å². The van der Waals surface area contributed by atoms with Crippen molar-refractivity contribution in [2.24, 2.45) is 17.8 Å². The molecule has 4 unspecified atom stereocenters. The number of carbonyl (C=O) groups excluding carboxylic acids is 2. The van der Waals surface area contributed by atoms with Crippen molar-refractivity contribution >= 4 is 11.8 Å². The maximum Gasteiger partial charge on any atom is 0.309 e. The summed E-state index contributed by atoms with van der Waals surface area (Å²) in [6.45, 7) is 5.84. The van der Waals surface area contributed by atoms with E-state index in [0.717, 1.165) is 11.8 Å². The number of hydrogen-bond acceptors (Lipinski definition) is 2. The molecule has 0 aromatic carbocycles. The van der Waals surface area contributed by atoms with E-state index >= 15 is 0 Å². The lowest BCUT2D eigenvalue weighted by molar-refractivity contribution is -0.139. The van der Waals surface area contributed by atoms with Crippen LogP contribution in [0, 0.1) is 17.8 Å². The average Bonchev–Trinajstić information content (AvgIpc) is 2.97. The lowest BCUT2D eigenvalue weighted by atomic mass is 9.84. The van der Waals surface area contributed by atoms with Gasteiger partial charge in [-0.3, -0.25) is 9.59 Å². The number of nitrogens with one attached hydrogen (secondary N) is 2. The van der Waals surface area contributed by atoms with E-state index in [-0.39, 0.29) is 6.04 Å². The molecule has 0 spiro atoms. The number of amides is 2. The highest BCUT2D eigenvalue weighted by Gasteiger charge is 2.42. The standard InChI is InChI=1S/C14H22N2O2/c1-3-6-15-13(17)14(18)16-9(2)12-8-10-4-5-11(12)7-10/h3,9-12H,1,4-8H2,2H3,(H,15,17)(H,16,18). The summed E-state index contributed by atoms with van der Waals surface area (Å²) in [5.41, 5.74) is 0. The molecule has 2 amide bonds. The summed E-state index contributed by atoms with van der Waals surface area (Å²) in [6.07, 6.45) is 6.72. The van der Waals surface area contributed by atoms with Crippen molar-refractivity contribution in [1.29, 1.82) is 0 Å². The zero-order valence-electron chi connectivity index (χ0n) is 10.9. The first-order chi connectivity index (χ1) is 8.61. The molecule has 2 aliphatic carbocycles. The van der Waals surface area contributed by atoms with Gasteiger partial charge < -0.3 is 10.6 Å². The molecule has 0 radical (unpaired) electrons. The molecule has 100 valence electrons. The van der Waals surface area contributed by atoms with Gasteiger partial charge in [0.15, 0.2) is 0 Å². The highest BCUT2D eigenvalue weighted by atomic mass is 16.2. The second-order valence-electron chi connectivity index (χ2n) is 5.60. The average molecular weight is 250 g/mol. The smallest absolute Gasteiger partial charge is 0.309 e. The Morgan fingerprint density at radius 3 is 2.67 bits per heavy atom. The molecule has 2 N–H and O–H groups in total. The van der Waals surface area contributed by atoms with Crippen molar-refractivity contribution in [3.05, 3.63) is 12.7 Å². The quantitative estimate of drug-likeness (QED) is 0.582. The minimum atomic E-state index is -0.565. The van der Waals surface area contributed by atoms with Gasteiger partial charge in [0, 0.05) is 12.6 Å². The van der Waals surface area contributed by atoms with Crippen molar-refractivity contribution in [3.63, 3.8) is 0 Å². The van der Waals surface area contributed by atoms with Crippen LogP contribution in [0.2, 0.25) is 0 Å².